The molecule has 1 saturated heterocycles. The molecule has 0 unspecified atom stereocenters. The lowest BCUT2D eigenvalue weighted by atomic mass is 10.1. The molecule has 3 heterocycles. The average Bonchev–Trinajstić information content (AvgIpc) is 3.44. The van der Waals surface area contributed by atoms with E-state index in [0.717, 1.165) is 29.6 Å². The van der Waals surface area contributed by atoms with Crippen LogP contribution in [-0.4, -0.2) is 38.7 Å². The van der Waals surface area contributed by atoms with Crippen LogP contribution >= 0.6 is 11.6 Å². The molecule has 7 nitrogen and oxygen atoms in total. The molecule has 2 aromatic carbocycles. The highest BCUT2D eigenvalue weighted by Crippen LogP contribution is 2.30. The highest BCUT2D eigenvalue weighted by Gasteiger charge is 2.19. The molecule has 4 aromatic rings. The summed E-state index contributed by atoms with van der Waals surface area (Å²) in [4.78, 5) is 15.0. The Morgan fingerprint density at radius 1 is 1.12 bits per heavy atom. The average molecular weight is 482 g/mol. The number of nitrogens with zero attached hydrogens (tertiary/aromatic N) is 4. The van der Waals surface area contributed by atoms with Crippen LogP contribution in [0.1, 0.15) is 30.7 Å². The maximum atomic E-state index is 13.2. The van der Waals surface area contributed by atoms with Crippen LogP contribution in [0.4, 0.5) is 4.39 Å². The van der Waals surface area contributed by atoms with Crippen LogP contribution in [-0.2, 0) is 24.4 Å². The zero-order chi connectivity index (χ0) is 23.5. The number of piperidine rings is 1. The summed E-state index contributed by atoms with van der Waals surface area (Å²) in [5, 5.41) is 12.6. The van der Waals surface area contributed by atoms with E-state index in [0.29, 0.717) is 23.9 Å². The largest absolute Gasteiger partial charge is 0.419 e. The lowest BCUT2D eigenvalue weighted by Crippen LogP contribution is -2.29. The molecule has 0 spiro atoms. The van der Waals surface area contributed by atoms with Gasteiger partial charge in [0.05, 0.1) is 12.1 Å². The molecule has 34 heavy (non-hydrogen) atoms. The van der Waals surface area contributed by atoms with E-state index < -0.39 is 5.82 Å². The van der Waals surface area contributed by atoms with Gasteiger partial charge in [0, 0.05) is 28.7 Å². The van der Waals surface area contributed by atoms with Crippen molar-refractivity contribution in [3.05, 3.63) is 71.0 Å². The van der Waals surface area contributed by atoms with Crippen molar-refractivity contribution < 1.29 is 13.6 Å². The quantitative estimate of drug-likeness (QED) is 0.411. The Kier molecular flexibility index (Phi) is 6.60. The van der Waals surface area contributed by atoms with Crippen molar-refractivity contribution >= 4 is 28.4 Å². The van der Waals surface area contributed by atoms with Crippen molar-refractivity contribution in [2.75, 3.05) is 13.1 Å². The molecule has 1 N–H and O–H groups in total. The Morgan fingerprint density at radius 3 is 2.76 bits per heavy atom. The number of halogens is 2. The van der Waals surface area contributed by atoms with E-state index in [2.05, 4.69) is 20.4 Å². The maximum Gasteiger partial charge on any atom is 0.249 e. The summed E-state index contributed by atoms with van der Waals surface area (Å²) in [5.74, 6) is 0.443. The van der Waals surface area contributed by atoms with Gasteiger partial charge in [-0.1, -0.05) is 42.3 Å². The van der Waals surface area contributed by atoms with Crippen molar-refractivity contribution in [3.63, 3.8) is 0 Å². The third kappa shape index (κ3) is 4.98. The van der Waals surface area contributed by atoms with Gasteiger partial charge in [0.15, 0.2) is 0 Å². The number of fused-ring (bicyclic) bond motifs is 1. The van der Waals surface area contributed by atoms with Crippen LogP contribution in [0.3, 0.4) is 0 Å². The number of nitrogens with one attached hydrogen (secondary N) is 1. The van der Waals surface area contributed by atoms with Crippen molar-refractivity contribution in [1.29, 1.82) is 0 Å². The van der Waals surface area contributed by atoms with Crippen molar-refractivity contribution in [2.45, 2.75) is 38.9 Å². The number of hydrogen-bond donors (Lipinski definition) is 1. The first-order valence-corrected chi connectivity index (χ1v) is 11.8. The fourth-order valence-corrected chi connectivity index (χ4v) is 4.59. The Bertz CT molecular complexity index is 1310. The smallest absolute Gasteiger partial charge is 0.249 e. The van der Waals surface area contributed by atoms with Crippen LogP contribution in [0, 0.1) is 5.82 Å². The first-order valence-electron chi connectivity index (χ1n) is 11.4. The van der Waals surface area contributed by atoms with E-state index >= 15 is 0 Å². The molecule has 1 fully saturated rings. The number of rotatable bonds is 7. The minimum absolute atomic E-state index is 0.105. The normalized spacial score (nSPS) is 14.5. The van der Waals surface area contributed by atoms with Crippen molar-refractivity contribution in [2.24, 2.45) is 0 Å². The predicted molar refractivity (Wildman–Crippen MR) is 128 cm³/mol. The third-order valence-corrected chi connectivity index (χ3v) is 6.45. The Hall–Kier alpha value is -3.23. The minimum Gasteiger partial charge on any atom is -0.419 e. The van der Waals surface area contributed by atoms with E-state index in [1.54, 1.807) is 6.07 Å². The SMILES string of the molecule is O=C(Cn1cc(-c2nnc(CN3CCCCC3)o2)c2ccccc21)NCc1ccc(F)cc1Cl. The van der Waals surface area contributed by atoms with Gasteiger partial charge in [0.2, 0.25) is 17.7 Å². The Morgan fingerprint density at radius 2 is 1.94 bits per heavy atom. The Labute approximate surface area is 201 Å². The molecule has 1 aliphatic heterocycles. The molecule has 0 saturated carbocycles. The number of hydrogen-bond acceptors (Lipinski definition) is 5. The second kappa shape index (κ2) is 9.95. The van der Waals surface area contributed by atoms with Gasteiger partial charge in [-0.3, -0.25) is 9.69 Å². The summed E-state index contributed by atoms with van der Waals surface area (Å²) in [6, 6.07) is 11.9. The highest BCUT2D eigenvalue weighted by atomic mass is 35.5. The first kappa shape index (κ1) is 22.6. The monoisotopic (exact) mass is 481 g/mol. The molecule has 0 radical (unpaired) electrons. The number of para-hydroxylation sites is 1. The van der Waals surface area contributed by atoms with Gasteiger partial charge in [-0.15, -0.1) is 10.2 Å². The van der Waals surface area contributed by atoms with E-state index in [1.807, 2.05) is 35.0 Å². The second-order valence-corrected chi connectivity index (χ2v) is 8.95. The zero-order valence-corrected chi connectivity index (χ0v) is 19.4. The van der Waals surface area contributed by atoms with Gasteiger partial charge < -0.3 is 14.3 Å². The number of amides is 1. The number of aromatic nitrogens is 3. The molecule has 5 rings (SSSR count). The standard InChI is InChI=1S/C25H25ClFN5O2/c26-21-12-18(27)9-8-17(21)13-28-23(33)15-32-14-20(19-6-2-3-7-22(19)32)25-30-29-24(34-25)16-31-10-4-1-5-11-31/h2-3,6-9,12,14H,1,4-5,10-11,13,15-16H2,(H,28,33). The number of benzene rings is 2. The topological polar surface area (TPSA) is 76.2 Å². The minimum atomic E-state index is -0.411. The molecule has 2 aromatic heterocycles. The number of likely N-dealkylation sites (tertiary alicyclic amines) is 1. The zero-order valence-electron chi connectivity index (χ0n) is 18.6. The van der Waals surface area contributed by atoms with Gasteiger partial charge in [-0.2, -0.15) is 0 Å². The summed E-state index contributed by atoms with van der Waals surface area (Å²) in [5.41, 5.74) is 2.34. The molecule has 1 aliphatic rings. The van der Waals surface area contributed by atoms with Crippen LogP contribution in [0.25, 0.3) is 22.4 Å². The first-order chi connectivity index (χ1) is 16.6. The lowest BCUT2D eigenvalue weighted by molar-refractivity contribution is -0.121. The molecular formula is C25H25ClFN5O2. The maximum absolute atomic E-state index is 13.2. The summed E-state index contributed by atoms with van der Waals surface area (Å²) in [6.45, 7) is 3.08. The molecule has 0 bridgehead atoms. The molecule has 176 valence electrons. The number of carbonyl (C=O) groups is 1. The van der Waals surface area contributed by atoms with E-state index in [1.165, 1.54) is 31.4 Å². The fraction of sp³-hybridized carbons (Fsp3) is 0.320. The van der Waals surface area contributed by atoms with Gasteiger partial charge in [-0.25, -0.2) is 4.39 Å². The van der Waals surface area contributed by atoms with Crippen LogP contribution in [0.5, 0.6) is 0 Å². The molecule has 1 amide bonds. The van der Waals surface area contributed by atoms with Crippen LogP contribution in [0.15, 0.2) is 53.1 Å². The molecule has 9 heteroatoms. The van der Waals surface area contributed by atoms with Crippen LogP contribution in [0.2, 0.25) is 5.02 Å². The van der Waals surface area contributed by atoms with E-state index in [-0.39, 0.29) is 24.0 Å². The molecular weight excluding hydrogens is 457 g/mol. The van der Waals surface area contributed by atoms with Crippen molar-refractivity contribution in [3.8, 4) is 11.5 Å². The van der Waals surface area contributed by atoms with Gasteiger partial charge >= 0.3 is 0 Å². The Balaban J connectivity index is 1.32. The van der Waals surface area contributed by atoms with Gasteiger partial charge in [0.25, 0.3) is 0 Å². The summed E-state index contributed by atoms with van der Waals surface area (Å²) < 4.78 is 21.1. The highest BCUT2D eigenvalue weighted by molar-refractivity contribution is 6.31. The number of carbonyl (C=O) groups excluding carboxylic acids is 1. The lowest BCUT2D eigenvalue weighted by Gasteiger charge is -2.24. The second-order valence-electron chi connectivity index (χ2n) is 8.54. The summed E-state index contributed by atoms with van der Waals surface area (Å²) in [7, 11) is 0. The molecule has 0 atom stereocenters. The van der Waals surface area contributed by atoms with Gasteiger partial charge in [-0.05, 0) is 49.7 Å². The van der Waals surface area contributed by atoms with Gasteiger partial charge in [0.1, 0.15) is 12.4 Å². The summed E-state index contributed by atoms with van der Waals surface area (Å²) in [6.07, 6.45) is 5.54. The molecule has 0 aliphatic carbocycles. The van der Waals surface area contributed by atoms with E-state index in [4.69, 9.17) is 16.0 Å². The fourth-order valence-electron chi connectivity index (χ4n) is 4.35. The summed E-state index contributed by atoms with van der Waals surface area (Å²) >= 11 is 6.06. The predicted octanol–water partition coefficient (Wildman–Crippen LogP) is 4.79. The van der Waals surface area contributed by atoms with E-state index in [9.17, 15) is 9.18 Å². The third-order valence-electron chi connectivity index (χ3n) is 6.10. The van der Waals surface area contributed by atoms with Crippen LogP contribution < -0.4 is 5.32 Å². The van der Waals surface area contributed by atoms with Crippen molar-refractivity contribution in [1.82, 2.24) is 25.0 Å².